The zero-order chi connectivity index (χ0) is 18.0. The van der Waals surface area contributed by atoms with Gasteiger partial charge in [0.25, 0.3) is 0 Å². The van der Waals surface area contributed by atoms with E-state index in [9.17, 15) is 14.4 Å². The third-order valence-corrected chi connectivity index (χ3v) is 3.57. The van der Waals surface area contributed by atoms with Crippen molar-refractivity contribution in [2.75, 3.05) is 13.1 Å². The summed E-state index contributed by atoms with van der Waals surface area (Å²) in [6.07, 6.45) is 1.04. The molecule has 0 spiro atoms. The van der Waals surface area contributed by atoms with Gasteiger partial charge >= 0.3 is 6.03 Å². The largest absolute Gasteiger partial charge is 0.352 e. The maximum atomic E-state index is 12.4. The average Bonchev–Trinajstić information content (AvgIpc) is 2.46. The Bertz CT molecular complexity index is 397. The summed E-state index contributed by atoms with van der Waals surface area (Å²) in [7, 11) is 0. The average molecular weight is 328 g/mol. The van der Waals surface area contributed by atoms with Crippen LogP contribution in [0.1, 0.15) is 47.5 Å². The molecule has 0 heterocycles. The van der Waals surface area contributed by atoms with Crippen LogP contribution in [0.4, 0.5) is 4.79 Å². The van der Waals surface area contributed by atoms with Gasteiger partial charge in [0.1, 0.15) is 0 Å². The molecule has 3 amide bonds. The molecule has 23 heavy (non-hydrogen) atoms. The second-order valence-electron chi connectivity index (χ2n) is 6.33. The van der Waals surface area contributed by atoms with E-state index in [1.54, 1.807) is 0 Å². The van der Waals surface area contributed by atoms with Crippen LogP contribution < -0.4 is 21.7 Å². The maximum absolute atomic E-state index is 12.4. The van der Waals surface area contributed by atoms with Gasteiger partial charge in [-0.3, -0.25) is 9.59 Å². The van der Waals surface area contributed by atoms with Gasteiger partial charge in [-0.25, -0.2) is 4.79 Å². The Hall–Kier alpha value is -1.63. The van der Waals surface area contributed by atoms with E-state index in [0.717, 1.165) is 0 Å². The Labute approximate surface area is 139 Å². The van der Waals surface area contributed by atoms with Crippen LogP contribution in [0.25, 0.3) is 0 Å². The number of nitrogens with one attached hydrogen (secondary N) is 3. The Morgan fingerprint density at radius 2 is 1.70 bits per heavy atom. The van der Waals surface area contributed by atoms with Gasteiger partial charge in [-0.1, -0.05) is 34.6 Å². The number of amides is 3. The molecule has 0 aliphatic heterocycles. The summed E-state index contributed by atoms with van der Waals surface area (Å²) in [6, 6.07) is -1.46. The lowest BCUT2D eigenvalue weighted by Gasteiger charge is -2.25. The molecule has 0 aromatic heterocycles. The lowest BCUT2D eigenvalue weighted by molar-refractivity contribution is -0.131. The minimum absolute atomic E-state index is 0.00331. The predicted molar refractivity (Wildman–Crippen MR) is 90.9 cm³/mol. The number of primary amides is 1. The van der Waals surface area contributed by atoms with E-state index < -0.39 is 12.1 Å². The standard InChI is InChI=1S/C16H32N4O3/c1-6-18-13(10(2)3)15(22)20-12(14(21)11(4)5)8-7-9-19-16(17)23/h10-13,18H,6-9H2,1-5H3,(H,20,22)(H3,17,19,23)/t12-,13-/m0/s1. The minimum atomic E-state index is -0.590. The summed E-state index contributed by atoms with van der Waals surface area (Å²) >= 11 is 0. The van der Waals surface area contributed by atoms with E-state index in [1.807, 2.05) is 34.6 Å². The zero-order valence-corrected chi connectivity index (χ0v) is 14.9. The van der Waals surface area contributed by atoms with Crippen LogP contribution in [0.5, 0.6) is 0 Å². The zero-order valence-electron chi connectivity index (χ0n) is 14.9. The predicted octanol–water partition coefficient (Wildman–Crippen LogP) is 0.779. The first-order valence-electron chi connectivity index (χ1n) is 8.31. The van der Waals surface area contributed by atoms with E-state index in [-0.39, 0.29) is 29.6 Å². The summed E-state index contributed by atoms with van der Waals surface area (Å²) in [5.74, 6) is -0.206. The fourth-order valence-corrected chi connectivity index (χ4v) is 2.32. The highest BCUT2D eigenvalue weighted by Gasteiger charge is 2.27. The molecule has 5 N–H and O–H groups in total. The smallest absolute Gasteiger partial charge is 0.312 e. The molecule has 0 aromatic rings. The summed E-state index contributed by atoms with van der Waals surface area (Å²) in [5, 5.41) is 8.48. The van der Waals surface area contributed by atoms with Crippen molar-refractivity contribution in [3.8, 4) is 0 Å². The van der Waals surface area contributed by atoms with Crippen LogP contribution in [-0.2, 0) is 9.59 Å². The number of nitrogens with two attached hydrogens (primary N) is 1. The molecule has 0 aliphatic carbocycles. The Morgan fingerprint density at radius 3 is 2.13 bits per heavy atom. The molecule has 0 radical (unpaired) electrons. The lowest BCUT2D eigenvalue weighted by atomic mass is 9.96. The fourth-order valence-electron chi connectivity index (χ4n) is 2.32. The van der Waals surface area contributed by atoms with Crippen LogP contribution in [-0.4, -0.2) is 42.9 Å². The third kappa shape index (κ3) is 8.54. The minimum Gasteiger partial charge on any atom is -0.352 e. The fraction of sp³-hybridized carbons (Fsp3) is 0.812. The number of likely N-dealkylation sites (N-methyl/N-ethyl adjacent to an activating group) is 1. The number of Topliss-reactive ketones (excluding diaryl/α,β-unsaturated/α-hetero) is 1. The first kappa shape index (κ1) is 21.4. The van der Waals surface area contributed by atoms with E-state index >= 15 is 0 Å². The van der Waals surface area contributed by atoms with E-state index in [0.29, 0.717) is 25.9 Å². The van der Waals surface area contributed by atoms with Gasteiger partial charge in [-0.15, -0.1) is 0 Å². The van der Waals surface area contributed by atoms with Gasteiger partial charge in [-0.2, -0.15) is 0 Å². The number of ketones is 1. The Balaban J connectivity index is 4.76. The highest BCUT2D eigenvalue weighted by molar-refractivity contribution is 5.91. The van der Waals surface area contributed by atoms with Crippen molar-refractivity contribution >= 4 is 17.7 Å². The van der Waals surface area contributed by atoms with Crippen molar-refractivity contribution < 1.29 is 14.4 Å². The number of rotatable bonds is 11. The molecule has 134 valence electrons. The Morgan fingerprint density at radius 1 is 1.09 bits per heavy atom. The number of carbonyl (C=O) groups excluding carboxylic acids is 3. The van der Waals surface area contributed by atoms with Crippen molar-refractivity contribution in [2.45, 2.75) is 59.5 Å². The van der Waals surface area contributed by atoms with Crippen molar-refractivity contribution in [3.63, 3.8) is 0 Å². The van der Waals surface area contributed by atoms with E-state index in [1.165, 1.54) is 0 Å². The van der Waals surface area contributed by atoms with Gasteiger partial charge in [0.05, 0.1) is 12.1 Å². The highest BCUT2D eigenvalue weighted by atomic mass is 16.2. The SMILES string of the molecule is CCN[C@H](C(=O)N[C@@H](CCCNC(N)=O)C(=O)C(C)C)C(C)C. The normalized spacial score (nSPS) is 13.7. The second kappa shape index (κ2) is 11.0. The van der Waals surface area contributed by atoms with Gasteiger partial charge in [-0.05, 0) is 25.3 Å². The lowest BCUT2D eigenvalue weighted by Crippen LogP contribution is -2.53. The molecule has 7 heteroatoms. The summed E-state index contributed by atoms with van der Waals surface area (Å²) in [4.78, 5) is 35.4. The first-order valence-corrected chi connectivity index (χ1v) is 8.31. The van der Waals surface area contributed by atoms with Crippen molar-refractivity contribution in [3.05, 3.63) is 0 Å². The third-order valence-electron chi connectivity index (χ3n) is 3.57. The molecule has 0 aliphatic rings. The van der Waals surface area contributed by atoms with Crippen molar-refractivity contribution in [2.24, 2.45) is 17.6 Å². The number of urea groups is 1. The quantitative estimate of drug-likeness (QED) is 0.420. The first-order chi connectivity index (χ1) is 10.7. The van der Waals surface area contributed by atoms with Crippen molar-refractivity contribution in [1.82, 2.24) is 16.0 Å². The van der Waals surface area contributed by atoms with E-state index in [4.69, 9.17) is 5.73 Å². The number of hydrogen-bond donors (Lipinski definition) is 4. The molecule has 0 bridgehead atoms. The van der Waals surface area contributed by atoms with Crippen LogP contribution in [0.3, 0.4) is 0 Å². The molecule has 0 saturated carbocycles. The van der Waals surface area contributed by atoms with Gasteiger partial charge in [0.15, 0.2) is 5.78 Å². The number of hydrogen-bond acceptors (Lipinski definition) is 4. The summed E-state index contributed by atoms with van der Waals surface area (Å²) < 4.78 is 0. The van der Waals surface area contributed by atoms with Crippen LogP contribution in [0.15, 0.2) is 0 Å². The second-order valence-corrected chi connectivity index (χ2v) is 6.33. The molecular weight excluding hydrogens is 296 g/mol. The summed E-state index contributed by atoms with van der Waals surface area (Å²) in [5.41, 5.74) is 5.01. The molecule has 0 saturated heterocycles. The van der Waals surface area contributed by atoms with Crippen molar-refractivity contribution in [1.29, 1.82) is 0 Å². The Kier molecular flexibility index (Phi) is 10.2. The number of carbonyl (C=O) groups is 3. The molecular formula is C16H32N4O3. The van der Waals surface area contributed by atoms with Gasteiger partial charge < -0.3 is 21.7 Å². The highest BCUT2D eigenvalue weighted by Crippen LogP contribution is 2.08. The molecule has 0 aromatic carbocycles. The molecule has 0 rings (SSSR count). The van der Waals surface area contributed by atoms with Crippen LogP contribution >= 0.6 is 0 Å². The maximum Gasteiger partial charge on any atom is 0.312 e. The summed E-state index contributed by atoms with van der Waals surface area (Å²) in [6.45, 7) is 10.6. The van der Waals surface area contributed by atoms with Crippen LogP contribution in [0.2, 0.25) is 0 Å². The molecule has 7 nitrogen and oxygen atoms in total. The molecule has 0 fully saturated rings. The van der Waals surface area contributed by atoms with Gasteiger partial charge in [0, 0.05) is 12.5 Å². The topological polar surface area (TPSA) is 113 Å². The monoisotopic (exact) mass is 328 g/mol. The van der Waals surface area contributed by atoms with Crippen LogP contribution in [0, 0.1) is 11.8 Å². The molecule has 0 unspecified atom stereocenters. The van der Waals surface area contributed by atoms with E-state index in [2.05, 4.69) is 16.0 Å². The van der Waals surface area contributed by atoms with Gasteiger partial charge in [0.2, 0.25) is 5.91 Å². The molecule has 2 atom stereocenters.